The fourth-order valence-electron chi connectivity index (χ4n) is 2.11. The number of rotatable bonds is 7. The molecule has 1 aromatic carbocycles. The van der Waals surface area contributed by atoms with Crippen molar-refractivity contribution in [1.29, 1.82) is 0 Å². The number of hydrogen-bond acceptors (Lipinski definition) is 2. The molecule has 0 aliphatic carbocycles. The van der Waals surface area contributed by atoms with Crippen molar-refractivity contribution in [1.82, 2.24) is 4.90 Å². The molecular weight excluding hydrogens is 208 g/mol. The van der Waals surface area contributed by atoms with E-state index in [0.717, 1.165) is 19.4 Å². The van der Waals surface area contributed by atoms with Gasteiger partial charge >= 0.3 is 0 Å². The zero-order valence-electron chi connectivity index (χ0n) is 11.4. The Kier molecular flexibility index (Phi) is 6.23. The number of likely N-dealkylation sites (N-methyl/N-ethyl adjacent to an activating group) is 1. The number of nitrogens with two attached hydrogens (primary N) is 1. The minimum Gasteiger partial charge on any atom is -0.329 e. The Morgan fingerprint density at radius 3 is 2.41 bits per heavy atom. The lowest BCUT2D eigenvalue weighted by Gasteiger charge is -2.32. The molecule has 0 bridgehead atoms. The second kappa shape index (κ2) is 7.46. The summed E-state index contributed by atoms with van der Waals surface area (Å²) in [5, 5.41) is 0. The number of nitrogens with zero attached hydrogens (tertiary/aromatic N) is 1. The van der Waals surface area contributed by atoms with Crippen molar-refractivity contribution in [3.63, 3.8) is 0 Å². The third-order valence-electron chi connectivity index (χ3n) is 3.74. The minimum atomic E-state index is 0.491. The zero-order valence-corrected chi connectivity index (χ0v) is 11.4. The molecule has 0 radical (unpaired) electrons. The summed E-state index contributed by atoms with van der Waals surface area (Å²) >= 11 is 0. The molecule has 0 aliphatic rings. The normalized spacial score (nSPS) is 14.9. The van der Waals surface area contributed by atoms with Gasteiger partial charge in [0.15, 0.2) is 0 Å². The molecule has 2 unspecified atom stereocenters. The van der Waals surface area contributed by atoms with E-state index in [4.69, 9.17) is 5.73 Å². The third kappa shape index (κ3) is 4.49. The molecule has 0 saturated heterocycles. The summed E-state index contributed by atoms with van der Waals surface area (Å²) in [6, 6.07) is 11.8. The summed E-state index contributed by atoms with van der Waals surface area (Å²) in [7, 11) is 2.19. The van der Waals surface area contributed by atoms with Crippen molar-refractivity contribution in [2.24, 2.45) is 5.73 Å². The summed E-state index contributed by atoms with van der Waals surface area (Å²) in [5.41, 5.74) is 7.29. The Hall–Kier alpha value is -0.860. The van der Waals surface area contributed by atoms with Gasteiger partial charge in [-0.15, -0.1) is 0 Å². The first-order valence-electron chi connectivity index (χ1n) is 6.65. The van der Waals surface area contributed by atoms with Crippen molar-refractivity contribution in [3.05, 3.63) is 35.9 Å². The van der Waals surface area contributed by atoms with Crippen LogP contribution >= 0.6 is 0 Å². The van der Waals surface area contributed by atoms with Gasteiger partial charge in [0, 0.05) is 18.6 Å². The second-order valence-electron chi connectivity index (χ2n) is 4.84. The van der Waals surface area contributed by atoms with E-state index in [0.29, 0.717) is 12.1 Å². The van der Waals surface area contributed by atoms with Crippen LogP contribution in [-0.4, -0.2) is 30.6 Å². The molecule has 0 spiro atoms. The van der Waals surface area contributed by atoms with Crippen molar-refractivity contribution < 1.29 is 0 Å². The highest BCUT2D eigenvalue weighted by atomic mass is 15.2. The number of hydrogen-bond donors (Lipinski definition) is 1. The molecule has 1 aromatic rings. The van der Waals surface area contributed by atoms with Crippen LogP contribution in [0.4, 0.5) is 0 Å². The highest BCUT2D eigenvalue weighted by Gasteiger charge is 2.16. The lowest BCUT2D eigenvalue weighted by molar-refractivity contribution is 0.175. The van der Waals surface area contributed by atoms with E-state index in [-0.39, 0.29) is 0 Å². The average molecular weight is 234 g/mol. The molecular formula is C15H26N2. The van der Waals surface area contributed by atoms with Gasteiger partial charge in [-0.1, -0.05) is 37.3 Å². The van der Waals surface area contributed by atoms with Gasteiger partial charge < -0.3 is 5.73 Å². The molecule has 0 aliphatic heterocycles. The van der Waals surface area contributed by atoms with Crippen LogP contribution < -0.4 is 5.73 Å². The highest BCUT2D eigenvalue weighted by Crippen LogP contribution is 2.12. The molecule has 17 heavy (non-hydrogen) atoms. The van der Waals surface area contributed by atoms with Gasteiger partial charge in [0.05, 0.1) is 0 Å². The maximum atomic E-state index is 5.89. The van der Waals surface area contributed by atoms with Crippen LogP contribution in [0, 0.1) is 0 Å². The molecule has 0 aromatic heterocycles. The van der Waals surface area contributed by atoms with Crippen LogP contribution in [0.3, 0.4) is 0 Å². The van der Waals surface area contributed by atoms with E-state index in [1.807, 2.05) is 0 Å². The molecule has 0 saturated carbocycles. The van der Waals surface area contributed by atoms with Crippen molar-refractivity contribution in [2.45, 2.75) is 45.2 Å². The fraction of sp³-hybridized carbons (Fsp3) is 0.600. The van der Waals surface area contributed by atoms with Crippen LogP contribution in [0.15, 0.2) is 30.3 Å². The predicted molar refractivity (Wildman–Crippen MR) is 75.1 cm³/mol. The molecule has 2 N–H and O–H groups in total. The molecule has 0 fully saturated rings. The molecule has 0 heterocycles. The smallest absolute Gasteiger partial charge is 0.0221 e. The fourth-order valence-corrected chi connectivity index (χ4v) is 2.11. The Bertz CT molecular complexity index is 297. The Labute approximate surface area is 106 Å². The third-order valence-corrected chi connectivity index (χ3v) is 3.74. The van der Waals surface area contributed by atoms with E-state index < -0.39 is 0 Å². The minimum absolute atomic E-state index is 0.491. The Morgan fingerprint density at radius 2 is 1.88 bits per heavy atom. The Balaban J connectivity index is 2.47. The van der Waals surface area contributed by atoms with E-state index >= 15 is 0 Å². The van der Waals surface area contributed by atoms with Crippen LogP contribution in [-0.2, 0) is 6.42 Å². The molecule has 2 heteroatoms. The maximum Gasteiger partial charge on any atom is 0.0221 e. The lowest BCUT2D eigenvalue weighted by Crippen LogP contribution is -2.43. The summed E-state index contributed by atoms with van der Waals surface area (Å²) < 4.78 is 0. The van der Waals surface area contributed by atoms with Crippen LogP contribution in [0.1, 0.15) is 32.3 Å². The Morgan fingerprint density at radius 1 is 1.24 bits per heavy atom. The van der Waals surface area contributed by atoms with E-state index in [1.54, 1.807) is 0 Å². The number of aryl methyl sites for hydroxylation is 1. The average Bonchev–Trinajstić information content (AvgIpc) is 2.39. The van der Waals surface area contributed by atoms with Gasteiger partial charge in [0.25, 0.3) is 0 Å². The van der Waals surface area contributed by atoms with Gasteiger partial charge in [0.2, 0.25) is 0 Å². The van der Waals surface area contributed by atoms with Gasteiger partial charge in [0.1, 0.15) is 0 Å². The summed E-state index contributed by atoms with van der Waals surface area (Å²) in [4.78, 5) is 2.42. The van der Waals surface area contributed by atoms with Gasteiger partial charge in [-0.3, -0.25) is 4.90 Å². The van der Waals surface area contributed by atoms with E-state index in [1.165, 1.54) is 12.0 Å². The van der Waals surface area contributed by atoms with Crippen LogP contribution in [0.25, 0.3) is 0 Å². The first kappa shape index (κ1) is 14.2. The largest absolute Gasteiger partial charge is 0.329 e. The standard InChI is InChI=1S/C15H26N2/c1-4-13(2)17(3)15(12-16)11-10-14-8-6-5-7-9-14/h5-9,13,15H,4,10-12,16H2,1-3H3. The molecule has 2 nitrogen and oxygen atoms in total. The van der Waals surface area contributed by atoms with Crippen LogP contribution in [0.5, 0.6) is 0 Å². The van der Waals surface area contributed by atoms with Crippen molar-refractivity contribution in [3.8, 4) is 0 Å². The van der Waals surface area contributed by atoms with E-state index in [9.17, 15) is 0 Å². The molecule has 0 amide bonds. The monoisotopic (exact) mass is 234 g/mol. The van der Waals surface area contributed by atoms with Crippen molar-refractivity contribution >= 4 is 0 Å². The lowest BCUT2D eigenvalue weighted by atomic mass is 10.0. The van der Waals surface area contributed by atoms with E-state index in [2.05, 4.69) is 56.1 Å². The molecule has 2 atom stereocenters. The highest BCUT2D eigenvalue weighted by molar-refractivity contribution is 5.14. The summed E-state index contributed by atoms with van der Waals surface area (Å²) in [5.74, 6) is 0. The first-order valence-corrected chi connectivity index (χ1v) is 6.65. The molecule has 1 rings (SSSR count). The topological polar surface area (TPSA) is 29.3 Å². The second-order valence-corrected chi connectivity index (χ2v) is 4.84. The predicted octanol–water partition coefficient (Wildman–Crippen LogP) is 2.68. The SMILES string of the molecule is CCC(C)N(C)C(CN)CCc1ccccc1. The van der Waals surface area contributed by atoms with Crippen LogP contribution in [0.2, 0.25) is 0 Å². The zero-order chi connectivity index (χ0) is 12.7. The number of benzene rings is 1. The summed E-state index contributed by atoms with van der Waals surface area (Å²) in [6.07, 6.45) is 3.43. The van der Waals surface area contributed by atoms with Crippen molar-refractivity contribution in [2.75, 3.05) is 13.6 Å². The van der Waals surface area contributed by atoms with Gasteiger partial charge in [-0.2, -0.15) is 0 Å². The van der Waals surface area contributed by atoms with Gasteiger partial charge in [-0.25, -0.2) is 0 Å². The molecule has 96 valence electrons. The first-order chi connectivity index (χ1) is 8.19. The maximum absolute atomic E-state index is 5.89. The van der Waals surface area contributed by atoms with Gasteiger partial charge in [-0.05, 0) is 38.8 Å². The summed E-state index contributed by atoms with van der Waals surface area (Å²) in [6.45, 7) is 5.24. The quantitative estimate of drug-likeness (QED) is 0.786.